The zero-order valence-electron chi connectivity index (χ0n) is 12.1. The average Bonchev–Trinajstić information content (AvgIpc) is 2.84. The first-order valence-corrected chi connectivity index (χ1v) is 6.90. The highest BCUT2D eigenvalue weighted by Crippen LogP contribution is 2.23. The third kappa shape index (κ3) is 2.63. The van der Waals surface area contributed by atoms with E-state index in [1.807, 2.05) is 29.7 Å². The fraction of sp³-hybridized carbons (Fsp3) is 0.176. The number of ether oxygens (including phenoxy) is 1. The van der Waals surface area contributed by atoms with Gasteiger partial charge in [0.25, 0.3) is 0 Å². The van der Waals surface area contributed by atoms with Crippen molar-refractivity contribution in [3.05, 3.63) is 65.4 Å². The van der Waals surface area contributed by atoms with Gasteiger partial charge >= 0.3 is 0 Å². The standard InChI is InChI=1S/C17H14FN3O/c1-12-15(8-9-19)21-10-2-3-16(17(21)20-12)22-11-13-4-6-14(18)7-5-13/h2-7,10H,8,11H2,1H3. The maximum Gasteiger partial charge on any atom is 0.180 e. The molecule has 3 rings (SSSR count). The number of fused-ring (bicyclic) bond motifs is 1. The molecule has 0 amide bonds. The zero-order valence-corrected chi connectivity index (χ0v) is 12.1. The third-order valence-corrected chi connectivity index (χ3v) is 3.47. The van der Waals surface area contributed by atoms with Crippen LogP contribution in [0.5, 0.6) is 5.75 Å². The van der Waals surface area contributed by atoms with Crippen LogP contribution in [-0.2, 0) is 13.0 Å². The summed E-state index contributed by atoms with van der Waals surface area (Å²) in [4.78, 5) is 4.48. The van der Waals surface area contributed by atoms with Gasteiger partial charge in [-0.3, -0.25) is 4.40 Å². The second-order valence-corrected chi connectivity index (χ2v) is 4.96. The molecule has 0 spiro atoms. The Morgan fingerprint density at radius 1 is 1.27 bits per heavy atom. The van der Waals surface area contributed by atoms with Crippen molar-refractivity contribution in [1.82, 2.24) is 9.38 Å². The molecule has 3 aromatic rings. The first kappa shape index (κ1) is 14.1. The summed E-state index contributed by atoms with van der Waals surface area (Å²) in [5, 5.41) is 8.91. The van der Waals surface area contributed by atoms with Crippen LogP contribution in [0.1, 0.15) is 17.0 Å². The van der Waals surface area contributed by atoms with Crippen molar-refractivity contribution >= 4 is 5.65 Å². The van der Waals surface area contributed by atoms with Crippen molar-refractivity contribution < 1.29 is 9.13 Å². The molecule has 0 radical (unpaired) electrons. The van der Waals surface area contributed by atoms with Gasteiger partial charge in [0.2, 0.25) is 0 Å². The Labute approximate surface area is 127 Å². The average molecular weight is 295 g/mol. The molecule has 0 saturated heterocycles. The molecule has 2 aromatic heterocycles. The third-order valence-electron chi connectivity index (χ3n) is 3.47. The Morgan fingerprint density at radius 2 is 2.05 bits per heavy atom. The molecule has 0 bridgehead atoms. The van der Waals surface area contributed by atoms with Gasteiger partial charge in [0.15, 0.2) is 11.4 Å². The summed E-state index contributed by atoms with van der Waals surface area (Å²) in [6.45, 7) is 2.21. The molecule has 0 aliphatic carbocycles. The molecule has 110 valence electrons. The molecular formula is C17H14FN3O. The van der Waals surface area contributed by atoms with Gasteiger partial charge in [-0.1, -0.05) is 12.1 Å². The van der Waals surface area contributed by atoms with Crippen LogP contribution >= 0.6 is 0 Å². The number of benzene rings is 1. The Hall–Kier alpha value is -2.87. The van der Waals surface area contributed by atoms with Crippen LogP contribution in [-0.4, -0.2) is 9.38 Å². The van der Waals surface area contributed by atoms with Gasteiger partial charge in [-0.25, -0.2) is 9.37 Å². The molecule has 0 saturated carbocycles. The summed E-state index contributed by atoms with van der Waals surface area (Å²) < 4.78 is 20.6. The maximum absolute atomic E-state index is 12.9. The molecular weight excluding hydrogens is 281 g/mol. The quantitative estimate of drug-likeness (QED) is 0.741. The van der Waals surface area contributed by atoms with Crippen molar-refractivity contribution in [3.8, 4) is 11.8 Å². The molecule has 0 atom stereocenters. The lowest BCUT2D eigenvalue weighted by atomic mass is 10.2. The first-order valence-electron chi connectivity index (χ1n) is 6.90. The van der Waals surface area contributed by atoms with Gasteiger partial charge in [0.1, 0.15) is 12.4 Å². The van der Waals surface area contributed by atoms with Crippen LogP contribution in [0.2, 0.25) is 0 Å². The maximum atomic E-state index is 12.9. The zero-order chi connectivity index (χ0) is 15.5. The van der Waals surface area contributed by atoms with Crippen molar-refractivity contribution in [3.63, 3.8) is 0 Å². The fourth-order valence-corrected chi connectivity index (χ4v) is 2.35. The summed E-state index contributed by atoms with van der Waals surface area (Å²) >= 11 is 0. The molecule has 4 nitrogen and oxygen atoms in total. The number of nitrogens with zero attached hydrogens (tertiary/aromatic N) is 3. The lowest BCUT2D eigenvalue weighted by Crippen LogP contribution is -1.99. The van der Waals surface area contributed by atoms with E-state index in [0.717, 1.165) is 17.0 Å². The number of nitriles is 1. The molecule has 22 heavy (non-hydrogen) atoms. The topological polar surface area (TPSA) is 50.3 Å². The van der Waals surface area contributed by atoms with E-state index in [1.54, 1.807) is 12.1 Å². The highest BCUT2D eigenvalue weighted by molar-refractivity contribution is 5.56. The van der Waals surface area contributed by atoms with Crippen molar-refractivity contribution in [2.75, 3.05) is 0 Å². The SMILES string of the molecule is Cc1nc2c(OCc3ccc(F)cc3)cccn2c1CC#N. The largest absolute Gasteiger partial charge is 0.485 e. The molecule has 0 fully saturated rings. The number of hydrogen-bond acceptors (Lipinski definition) is 3. The second kappa shape index (κ2) is 5.86. The van der Waals surface area contributed by atoms with Crippen LogP contribution < -0.4 is 4.74 Å². The summed E-state index contributed by atoms with van der Waals surface area (Å²) in [6.07, 6.45) is 2.17. The van der Waals surface area contributed by atoms with E-state index in [2.05, 4.69) is 11.1 Å². The molecule has 0 aliphatic heterocycles. The molecule has 0 unspecified atom stereocenters. The van der Waals surface area contributed by atoms with Gasteiger partial charge in [0.05, 0.1) is 23.9 Å². The van der Waals surface area contributed by atoms with E-state index >= 15 is 0 Å². The van der Waals surface area contributed by atoms with Crippen LogP contribution in [0.4, 0.5) is 4.39 Å². The number of imidazole rings is 1. The second-order valence-electron chi connectivity index (χ2n) is 4.96. The number of pyridine rings is 1. The smallest absolute Gasteiger partial charge is 0.180 e. The Bertz CT molecular complexity index is 847. The van der Waals surface area contributed by atoms with Gasteiger partial charge in [0, 0.05) is 6.20 Å². The van der Waals surface area contributed by atoms with E-state index in [-0.39, 0.29) is 5.82 Å². The summed E-state index contributed by atoms with van der Waals surface area (Å²) in [7, 11) is 0. The minimum absolute atomic E-state index is 0.268. The van der Waals surface area contributed by atoms with Gasteiger partial charge < -0.3 is 4.74 Å². The minimum Gasteiger partial charge on any atom is -0.485 e. The number of hydrogen-bond donors (Lipinski definition) is 0. The molecule has 0 N–H and O–H groups in total. The molecule has 5 heteroatoms. The highest BCUT2D eigenvalue weighted by Gasteiger charge is 2.12. The number of aryl methyl sites for hydroxylation is 1. The Morgan fingerprint density at radius 3 is 2.77 bits per heavy atom. The van der Waals surface area contributed by atoms with Crippen LogP contribution in [0, 0.1) is 24.1 Å². The van der Waals surface area contributed by atoms with E-state index in [0.29, 0.717) is 24.4 Å². The monoisotopic (exact) mass is 295 g/mol. The van der Waals surface area contributed by atoms with E-state index in [9.17, 15) is 4.39 Å². The lowest BCUT2D eigenvalue weighted by Gasteiger charge is -2.08. The molecule has 0 aliphatic rings. The summed E-state index contributed by atoms with van der Waals surface area (Å²) in [6, 6.07) is 12.0. The number of rotatable bonds is 4. The molecule has 2 heterocycles. The predicted octanol–water partition coefficient (Wildman–Crippen LogP) is 3.43. The van der Waals surface area contributed by atoms with E-state index in [1.165, 1.54) is 12.1 Å². The Balaban J connectivity index is 1.89. The molecule has 1 aromatic carbocycles. The van der Waals surface area contributed by atoms with Gasteiger partial charge in [-0.15, -0.1) is 0 Å². The van der Waals surface area contributed by atoms with Crippen molar-refractivity contribution in [2.45, 2.75) is 20.0 Å². The number of halogens is 1. The summed E-state index contributed by atoms with van der Waals surface area (Å²) in [5.74, 6) is 0.370. The van der Waals surface area contributed by atoms with Gasteiger partial charge in [-0.2, -0.15) is 5.26 Å². The van der Waals surface area contributed by atoms with E-state index in [4.69, 9.17) is 10.00 Å². The minimum atomic E-state index is -0.268. The van der Waals surface area contributed by atoms with Crippen LogP contribution in [0.3, 0.4) is 0 Å². The summed E-state index contributed by atoms with van der Waals surface area (Å²) in [5.41, 5.74) is 3.25. The first-order chi connectivity index (χ1) is 10.7. The predicted molar refractivity (Wildman–Crippen MR) is 80.0 cm³/mol. The normalized spacial score (nSPS) is 10.6. The Kier molecular flexibility index (Phi) is 3.75. The van der Waals surface area contributed by atoms with Crippen LogP contribution in [0.15, 0.2) is 42.6 Å². The fourth-order valence-electron chi connectivity index (χ4n) is 2.35. The van der Waals surface area contributed by atoms with E-state index < -0.39 is 0 Å². The van der Waals surface area contributed by atoms with Crippen LogP contribution in [0.25, 0.3) is 5.65 Å². The van der Waals surface area contributed by atoms with Gasteiger partial charge in [-0.05, 0) is 36.8 Å². The lowest BCUT2D eigenvalue weighted by molar-refractivity contribution is 0.308. The highest BCUT2D eigenvalue weighted by atomic mass is 19.1. The number of aromatic nitrogens is 2. The van der Waals surface area contributed by atoms with Crippen molar-refractivity contribution in [2.24, 2.45) is 0 Å². The van der Waals surface area contributed by atoms with Crippen molar-refractivity contribution in [1.29, 1.82) is 5.26 Å².